The van der Waals surface area contributed by atoms with Crippen molar-refractivity contribution in [2.24, 2.45) is 0 Å². The van der Waals surface area contributed by atoms with Gasteiger partial charge in [-0.25, -0.2) is 0 Å². The minimum atomic E-state index is 0. The van der Waals surface area contributed by atoms with Crippen molar-refractivity contribution >= 4 is 23.5 Å². The maximum absolute atomic E-state index is 9.56. The first-order valence-corrected chi connectivity index (χ1v) is 2.29. The first-order chi connectivity index (χ1) is 3.41. The Hall–Kier alpha value is -0.443. The van der Waals surface area contributed by atoms with Crippen LogP contribution in [0.2, 0.25) is 0 Å². The summed E-state index contributed by atoms with van der Waals surface area (Å²) in [5.74, 6) is 0. The molecule has 0 aromatic carbocycles. The van der Waals surface area contributed by atoms with Crippen LogP contribution >= 0.6 is 0 Å². The van der Waals surface area contributed by atoms with Crippen LogP contribution in [-0.4, -0.2) is 23.5 Å². The van der Waals surface area contributed by atoms with Gasteiger partial charge in [-0.2, -0.15) is 0 Å². The number of hydrogen-bond acceptors (Lipinski definition) is 2. The summed E-state index contributed by atoms with van der Waals surface area (Å²) in [7, 11) is 0. The third-order valence-electron chi connectivity index (χ3n) is 0.644. The normalized spacial score (nSPS) is 7.00. The van der Waals surface area contributed by atoms with Crippen molar-refractivity contribution in [3.8, 4) is 0 Å². The van der Waals surface area contributed by atoms with Gasteiger partial charge in [-0.05, 0) is 6.42 Å². The number of unbranched alkanes of at least 4 members (excludes halogenated alkanes) is 2. The Balaban J connectivity index is 0. The van der Waals surface area contributed by atoms with Crippen LogP contribution < -0.4 is 0 Å². The highest BCUT2D eigenvalue weighted by Crippen LogP contribution is 1.85. The summed E-state index contributed by atoms with van der Waals surface area (Å²) >= 11 is 0. The second-order valence-electron chi connectivity index (χ2n) is 1.26. The van der Waals surface area contributed by atoms with E-state index in [1.807, 2.05) is 0 Å². The first-order valence-electron chi connectivity index (χ1n) is 2.29. The molecule has 2 nitrogen and oxygen atoms in total. The summed E-state index contributed by atoms with van der Waals surface area (Å²) < 4.78 is 0. The van der Waals surface area contributed by atoms with Crippen LogP contribution in [0.5, 0.6) is 0 Å². The highest BCUT2D eigenvalue weighted by Gasteiger charge is 1.80. The van der Waals surface area contributed by atoms with E-state index in [9.17, 15) is 9.59 Å². The molecule has 0 saturated carbocycles. The zero-order chi connectivity index (χ0) is 5.54. The molecule has 0 bridgehead atoms. The van der Waals surface area contributed by atoms with Crippen LogP contribution in [0.15, 0.2) is 0 Å². The Bertz CT molecular complexity index is 55.4. The van der Waals surface area contributed by atoms with E-state index in [-0.39, 0.29) is 11.0 Å². The van der Waals surface area contributed by atoms with Gasteiger partial charge >= 0.3 is 0 Å². The van der Waals surface area contributed by atoms with Crippen molar-refractivity contribution in [3.63, 3.8) is 0 Å². The molecule has 44 valence electrons. The van der Waals surface area contributed by atoms with Gasteiger partial charge in [-0.3, -0.25) is 0 Å². The molecule has 0 N–H and O–H groups in total. The topological polar surface area (TPSA) is 34.1 Å². The minimum Gasteiger partial charge on any atom is -0.303 e. The lowest BCUT2D eigenvalue weighted by Gasteiger charge is -1.78. The molecule has 0 spiro atoms. The molecule has 0 unspecified atom stereocenters. The van der Waals surface area contributed by atoms with Crippen molar-refractivity contribution in [2.45, 2.75) is 19.3 Å². The molecule has 0 rings (SSSR count). The molecule has 0 atom stereocenters. The molecule has 0 aliphatic rings. The predicted octanol–water partition coefficient (Wildman–Crippen LogP) is 0.174. The van der Waals surface area contributed by atoms with Crippen LogP contribution in [-0.2, 0) is 9.59 Å². The molecule has 4 radical (unpaired) electrons. The summed E-state index contributed by atoms with van der Waals surface area (Å²) in [6.45, 7) is 0. The van der Waals surface area contributed by atoms with Gasteiger partial charge in [-0.15, -0.1) is 0 Å². The van der Waals surface area contributed by atoms with Crippen molar-refractivity contribution < 1.29 is 9.59 Å². The lowest BCUT2D eigenvalue weighted by molar-refractivity contribution is -0.108. The Morgan fingerprint density at radius 2 is 1.38 bits per heavy atom. The molecule has 0 fully saturated rings. The highest BCUT2D eigenvalue weighted by atomic mass is 28.1. The predicted molar refractivity (Wildman–Crippen MR) is 31.7 cm³/mol. The number of hydrogen-bond donors (Lipinski definition) is 0. The van der Waals surface area contributed by atoms with Gasteiger partial charge in [-0.1, -0.05) is 0 Å². The second kappa shape index (κ2) is 9.75. The van der Waals surface area contributed by atoms with Crippen LogP contribution in [0.4, 0.5) is 0 Å². The fourth-order valence-electron chi connectivity index (χ4n) is 0.285. The van der Waals surface area contributed by atoms with Crippen molar-refractivity contribution in [2.75, 3.05) is 0 Å². The van der Waals surface area contributed by atoms with Gasteiger partial charge in [0.05, 0.1) is 0 Å². The number of carbonyl (C=O) groups excluding carboxylic acids is 2. The number of aldehydes is 2. The van der Waals surface area contributed by atoms with Crippen LogP contribution in [0.1, 0.15) is 19.3 Å². The summed E-state index contributed by atoms with van der Waals surface area (Å²) in [4.78, 5) is 19.1. The smallest absolute Gasteiger partial charge is 0.120 e. The first kappa shape index (κ1) is 10.5. The van der Waals surface area contributed by atoms with E-state index in [4.69, 9.17) is 0 Å². The van der Waals surface area contributed by atoms with Crippen molar-refractivity contribution in [1.29, 1.82) is 0 Å². The van der Waals surface area contributed by atoms with Gasteiger partial charge in [0.25, 0.3) is 0 Å². The van der Waals surface area contributed by atoms with E-state index in [1.54, 1.807) is 0 Å². The fourth-order valence-corrected chi connectivity index (χ4v) is 0.285. The summed E-state index contributed by atoms with van der Waals surface area (Å²) in [6.07, 6.45) is 3.37. The minimum absolute atomic E-state index is 0. The van der Waals surface area contributed by atoms with Crippen molar-refractivity contribution in [3.05, 3.63) is 0 Å². The average molecular weight is 128 g/mol. The second-order valence-corrected chi connectivity index (χ2v) is 1.26. The van der Waals surface area contributed by atoms with E-state index in [1.165, 1.54) is 0 Å². The third-order valence-corrected chi connectivity index (χ3v) is 0.644. The largest absolute Gasteiger partial charge is 0.303 e. The van der Waals surface area contributed by atoms with Gasteiger partial charge < -0.3 is 9.59 Å². The molecule has 0 amide bonds. The van der Waals surface area contributed by atoms with Gasteiger partial charge in [0, 0.05) is 23.8 Å². The third kappa shape index (κ3) is 9.12. The Morgan fingerprint density at radius 3 is 1.62 bits per heavy atom. The zero-order valence-electron chi connectivity index (χ0n) is 4.59. The summed E-state index contributed by atoms with van der Waals surface area (Å²) in [5.41, 5.74) is 0. The van der Waals surface area contributed by atoms with Gasteiger partial charge in [0.2, 0.25) is 0 Å². The van der Waals surface area contributed by atoms with E-state index in [0.29, 0.717) is 19.3 Å². The van der Waals surface area contributed by atoms with E-state index < -0.39 is 0 Å². The van der Waals surface area contributed by atoms with E-state index in [0.717, 1.165) is 12.6 Å². The number of carbonyl (C=O) groups is 2. The number of rotatable bonds is 4. The molecule has 0 aliphatic heterocycles. The highest BCUT2D eigenvalue weighted by molar-refractivity contribution is 5.75. The SMILES string of the molecule is O=CCCCC=O.[Si]. The lowest BCUT2D eigenvalue weighted by Crippen LogP contribution is -1.76. The molecule has 0 heterocycles. The van der Waals surface area contributed by atoms with Crippen LogP contribution in [0, 0.1) is 0 Å². The molecule has 8 heavy (non-hydrogen) atoms. The zero-order valence-corrected chi connectivity index (χ0v) is 5.59. The molecular formula is C5H8O2Si. The Kier molecular flexibility index (Phi) is 12.8. The Morgan fingerprint density at radius 1 is 1.00 bits per heavy atom. The van der Waals surface area contributed by atoms with Gasteiger partial charge in [0.1, 0.15) is 12.6 Å². The molecule has 3 heteroatoms. The van der Waals surface area contributed by atoms with E-state index >= 15 is 0 Å². The van der Waals surface area contributed by atoms with Gasteiger partial charge in [0.15, 0.2) is 0 Å². The maximum atomic E-state index is 9.56. The van der Waals surface area contributed by atoms with Crippen LogP contribution in [0.3, 0.4) is 0 Å². The molecule has 0 aromatic rings. The summed E-state index contributed by atoms with van der Waals surface area (Å²) in [6, 6.07) is 0. The molecular weight excluding hydrogens is 120 g/mol. The molecule has 0 aromatic heterocycles. The maximum Gasteiger partial charge on any atom is 0.120 e. The lowest BCUT2D eigenvalue weighted by atomic mass is 10.3. The standard InChI is InChI=1S/C5H8O2.Si/c6-4-2-1-3-5-7;/h4-5H,1-3H2;. The monoisotopic (exact) mass is 128 g/mol. The molecule has 0 saturated heterocycles. The fraction of sp³-hybridized carbons (Fsp3) is 0.600. The van der Waals surface area contributed by atoms with Crippen LogP contribution in [0.25, 0.3) is 0 Å². The quantitative estimate of drug-likeness (QED) is 0.307. The Labute approximate surface area is 53.3 Å². The van der Waals surface area contributed by atoms with Crippen molar-refractivity contribution in [1.82, 2.24) is 0 Å². The average Bonchev–Trinajstić information content (AvgIpc) is 1.69. The van der Waals surface area contributed by atoms with E-state index in [2.05, 4.69) is 0 Å². The molecule has 0 aliphatic carbocycles. The summed E-state index contributed by atoms with van der Waals surface area (Å²) in [5, 5.41) is 0.